The minimum Gasteiger partial charge on any atom is -0.394 e. The predicted molar refractivity (Wildman–Crippen MR) is 482 cm³/mol. The zero-order valence-electron chi connectivity index (χ0n) is 80.7. The molecule has 25 N–H and O–H groups in total. The Balaban J connectivity index is 2.18. The third kappa shape index (κ3) is 37.1. The molecule has 1 aliphatic heterocycles. The van der Waals surface area contributed by atoms with E-state index in [-0.39, 0.29) is 44.6 Å². The number of nitrogens with zero attached hydrogens (tertiary/aromatic N) is 1. The van der Waals surface area contributed by atoms with Crippen molar-refractivity contribution >= 4 is 130 Å². The highest BCUT2D eigenvalue weighted by Crippen LogP contribution is 2.25. The number of aliphatic hydroxyl groups is 1. The van der Waals surface area contributed by atoms with Gasteiger partial charge in [-0.15, -0.1) is 0 Å². The number of aliphatic hydroxyl groups excluding tert-OH is 1. The lowest BCUT2D eigenvalue weighted by atomic mass is 9.96. The zero-order valence-corrected chi connectivity index (χ0v) is 80.7. The van der Waals surface area contributed by atoms with Gasteiger partial charge in [0.25, 0.3) is 0 Å². The molecule has 1 aromatic carbocycles. The Kier molecular flexibility index (Phi) is 43.0. The largest absolute Gasteiger partial charge is 0.394 e. The summed E-state index contributed by atoms with van der Waals surface area (Å²) in [7, 11) is 0. The van der Waals surface area contributed by atoms with Gasteiger partial charge in [0.2, 0.25) is 130 Å². The van der Waals surface area contributed by atoms with Crippen molar-refractivity contribution in [3.63, 3.8) is 0 Å². The van der Waals surface area contributed by atoms with Gasteiger partial charge in [0, 0.05) is 32.7 Å². The number of nitrogens with one attached hydrogen (secondary N) is 18. The molecule has 45 nitrogen and oxygen atoms in total. The molecular weight excluding hydrogens is 1720 g/mol. The number of carbonyl (C=O) groups excluding carboxylic acids is 22. The van der Waals surface area contributed by atoms with Gasteiger partial charge in [-0.25, -0.2) is 0 Å². The van der Waals surface area contributed by atoms with Crippen LogP contribution in [0.5, 0.6) is 0 Å². The topological polar surface area (TPSA) is 694 Å². The molecule has 1 aliphatic rings. The van der Waals surface area contributed by atoms with Crippen molar-refractivity contribution in [2.45, 2.75) is 342 Å². The maximum Gasteiger partial charge on any atom is 0.248 e. The van der Waals surface area contributed by atoms with E-state index >= 15 is 0 Å². The second-order valence-electron chi connectivity index (χ2n) is 38.7. The molecule has 1 heterocycles. The number of hydrogen-bond donors (Lipinski definition) is 22. The average Bonchev–Trinajstić information content (AvgIpc) is 1.65. The van der Waals surface area contributed by atoms with Gasteiger partial charge in [-0.3, -0.25) is 105 Å². The Labute approximate surface area is 770 Å². The van der Waals surface area contributed by atoms with Gasteiger partial charge in [-0.1, -0.05) is 71.9 Å². The van der Waals surface area contributed by atoms with Crippen LogP contribution < -0.4 is 113 Å². The van der Waals surface area contributed by atoms with E-state index in [0.29, 0.717) is 6.42 Å². The number of likely N-dealkylation sites (tertiary alicyclic amines) is 1. The van der Waals surface area contributed by atoms with Crippen molar-refractivity contribution in [3.8, 4) is 0 Å². The second kappa shape index (κ2) is 49.1. The standard InChI is InChI=1S/C87H144N22O23/c1-44(2)40-55(95-60(115)42-91-72(125)80(10,11)106-71(124)62(46(5)6)100-77(130)84(18,19)104-67(120)54(35-38-59(90)114)98-75(128)83(16,17)103-64(117)48(8)93-74(127)82(14,15)102-63(116)47(7)92-73(126)81(12,13)101-49(9)111)68(121)105-87(24,25)79(132)109-39-29-32-56(109)69(122)99-61(45(3)4)70(123)107-86(22,23)78(131)108-85(20,21)76(129)97-53(34-37-58(89)113)66(119)96-52(33-36-57(88)112)65(118)94-51(43-110)41-50-30-27-26-28-31-50/h26-28,30-31,44-48,51-56,61-62,110H,29,32-43H2,1-25H3,(H2,88,112)(H2,89,113)(H2,90,114)(H,91,125)(H,92,126)(H,93,127)(H,94,118)(H,95,115)(H,96,119)(H,97,129)(H,98,128)(H,99,122)(H,100,130)(H,101,111)(H,102,116)(H,103,117)(H,104,120)(H,105,121)(H,106,124)(H,107,123)(H,108,131)/t47-,48-,51-,52+,53-,54+,55+,56+,61-,62-/m0/s1. The third-order valence-electron chi connectivity index (χ3n) is 21.4. The van der Waals surface area contributed by atoms with Crippen molar-refractivity contribution in [2.75, 3.05) is 19.7 Å². The lowest BCUT2D eigenvalue weighted by Gasteiger charge is -2.36. The van der Waals surface area contributed by atoms with Crippen LogP contribution in [0.1, 0.15) is 236 Å². The lowest BCUT2D eigenvalue weighted by Crippen LogP contribution is -2.66. The normalized spacial score (nSPS) is 15.2. The molecule has 1 fully saturated rings. The predicted octanol–water partition coefficient (Wildman–Crippen LogP) is -4.94. The molecule has 740 valence electrons. The van der Waals surface area contributed by atoms with Gasteiger partial charge < -0.3 is 123 Å². The summed E-state index contributed by atoms with van der Waals surface area (Å²) in [5.41, 5.74) is 2.86. The smallest absolute Gasteiger partial charge is 0.248 e. The molecule has 22 amide bonds. The van der Waals surface area contributed by atoms with Crippen molar-refractivity contribution < 1.29 is 111 Å². The highest BCUT2D eigenvalue weighted by Gasteiger charge is 2.48. The maximum atomic E-state index is 14.6. The molecule has 0 unspecified atom stereocenters. The monoisotopic (exact) mass is 1870 g/mol. The fourth-order valence-corrected chi connectivity index (χ4v) is 13.2. The van der Waals surface area contributed by atoms with Gasteiger partial charge in [0.15, 0.2) is 0 Å². The number of amides is 22. The number of nitrogens with two attached hydrogens (primary N) is 3. The van der Waals surface area contributed by atoms with E-state index in [1.807, 2.05) is 0 Å². The first-order chi connectivity index (χ1) is 60.4. The molecule has 0 spiro atoms. The summed E-state index contributed by atoms with van der Waals surface area (Å²) >= 11 is 0. The van der Waals surface area contributed by atoms with Crippen LogP contribution >= 0.6 is 0 Å². The quantitative estimate of drug-likeness (QED) is 0.0291. The molecule has 1 aromatic rings. The van der Waals surface area contributed by atoms with Crippen molar-refractivity contribution in [3.05, 3.63) is 35.9 Å². The van der Waals surface area contributed by atoms with Gasteiger partial charge >= 0.3 is 0 Å². The SMILES string of the molecule is CC(=O)NC(C)(C)C(=O)N[C@@H](C)C(=O)NC(C)(C)C(=O)N[C@@H](C)C(=O)NC(C)(C)C(=O)N[C@H](CCC(N)=O)C(=O)NC(C)(C)C(=O)N[C@H](C(=O)NC(C)(C)C(=O)NCC(=O)N[C@H](CC(C)C)C(=O)NC(C)(C)C(=O)N1CCC[C@@H]1C(=O)N[C@H](C(=O)NC(C)(C)C(=O)NC(C)(C)C(=O)N[C@@H](CCC(N)=O)C(=O)N[C@H](CCC(N)=O)C(=O)N[C@H](CO)Cc1ccccc1)C(C)C)C(C)C. The van der Waals surface area contributed by atoms with Crippen LogP contribution in [0.2, 0.25) is 0 Å². The molecule has 132 heavy (non-hydrogen) atoms. The summed E-state index contributed by atoms with van der Waals surface area (Å²) in [6, 6.07) is -4.40. The Bertz CT molecular complexity index is 4410. The van der Waals surface area contributed by atoms with Gasteiger partial charge in [-0.05, 0) is 193 Å². The average molecular weight is 1870 g/mol. The summed E-state index contributed by atoms with van der Waals surface area (Å²) in [5.74, 6) is -20.4. The van der Waals surface area contributed by atoms with E-state index in [0.717, 1.165) is 5.56 Å². The van der Waals surface area contributed by atoms with Crippen molar-refractivity contribution in [1.29, 1.82) is 0 Å². The number of rotatable bonds is 52. The minimum absolute atomic E-state index is 0.0108. The van der Waals surface area contributed by atoms with Crippen molar-refractivity contribution in [2.24, 2.45) is 35.0 Å². The van der Waals surface area contributed by atoms with Crippen LogP contribution in [0, 0.1) is 17.8 Å². The minimum atomic E-state index is -1.90. The van der Waals surface area contributed by atoms with Crippen LogP contribution in [0.25, 0.3) is 0 Å². The fraction of sp³-hybridized carbons (Fsp3) is 0.678. The maximum absolute atomic E-state index is 14.6. The summed E-state index contributed by atoms with van der Waals surface area (Å²) in [6.07, 6.45) is -1.75. The molecule has 0 aromatic heterocycles. The molecule has 0 saturated carbocycles. The summed E-state index contributed by atoms with van der Waals surface area (Å²) < 4.78 is 0. The van der Waals surface area contributed by atoms with Gasteiger partial charge in [0.1, 0.15) is 98.7 Å². The van der Waals surface area contributed by atoms with Crippen LogP contribution in [-0.4, -0.2) is 264 Å². The van der Waals surface area contributed by atoms with E-state index in [1.54, 1.807) is 71.9 Å². The van der Waals surface area contributed by atoms with Crippen LogP contribution in [0.15, 0.2) is 30.3 Å². The number of primary amides is 3. The lowest BCUT2D eigenvalue weighted by molar-refractivity contribution is -0.146. The Morgan fingerprint density at radius 2 is 0.742 bits per heavy atom. The highest BCUT2D eigenvalue weighted by molar-refractivity contribution is 6.04. The van der Waals surface area contributed by atoms with Crippen LogP contribution in [-0.2, 0) is 112 Å². The number of benzene rings is 1. The first-order valence-corrected chi connectivity index (χ1v) is 43.8. The van der Waals surface area contributed by atoms with Gasteiger partial charge in [0.05, 0.1) is 19.2 Å². The first kappa shape index (κ1) is 116. The molecule has 0 aliphatic carbocycles. The summed E-state index contributed by atoms with van der Waals surface area (Å²) in [5, 5.41) is 55.7. The second-order valence-corrected chi connectivity index (χ2v) is 38.7. The first-order valence-electron chi connectivity index (χ1n) is 43.8. The van der Waals surface area contributed by atoms with E-state index in [4.69, 9.17) is 17.2 Å². The molecule has 45 heteroatoms. The Morgan fingerprint density at radius 1 is 0.386 bits per heavy atom. The van der Waals surface area contributed by atoms with E-state index in [9.17, 15) is 111 Å². The Morgan fingerprint density at radius 3 is 1.17 bits per heavy atom. The zero-order chi connectivity index (χ0) is 102. The number of hydrogen-bond acceptors (Lipinski definition) is 23. The molecular formula is C87H144N22O23. The van der Waals surface area contributed by atoms with E-state index in [2.05, 4.69) is 95.7 Å². The Hall–Kier alpha value is -12.5. The van der Waals surface area contributed by atoms with Crippen LogP contribution in [0.4, 0.5) is 0 Å². The van der Waals surface area contributed by atoms with Crippen LogP contribution in [0.3, 0.4) is 0 Å². The van der Waals surface area contributed by atoms with E-state index < -0.39 is 285 Å². The summed E-state index contributed by atoms with van der Waals surface area (Å²) in [6.45, 7) is 33.5. The molecule has 2 rings (SSSR count). The van der Waals surface area contributed by atoms with Crippen molar-refractivity contribution in [1.82, 2.24) is 101 Å². The fourth-order valence-electron chi connectivity index (χ4n) is 13.2. The molecule has 0 bridgehead atoms. The molecule has 0 radical (unpaired) electrons. The van der Waals surface area contributed by atoms with Gasteiger partial charge in [-0.2, -0.15) is 0 Å². The van der Waals surface area contributed by atoms with E-state index in [1.165, 1.54) is 136 Å². The molecule has 1 saturated heterocycles. The molecule has 10 atom stereocenters. The summed E-state index contributed by atoms with van der Waals surface area (Å²) in [4.78, 5) is 299. The third-order valence-corrected chi connectivity index (χ3v) is 21.4. The number of carbonyl (C=O) groups is 22. The highest BCUT2D eigenvalue weighted by atomic mass is 16.3.